The molecule has 2 heterocycles. The van der Waals surface area contributed by atoms with Gasteiger partial charge in [-0.25, -0.2) is 4.98 Å². The van der Waals surface area contributed by atoms with Crippen LogP contribution in [0.1, 0.15) is 24.4 Å². The van der Waals surface area contributed by atoms with Crippen molar-refractivity contribution in [1.82, 2.24) is 9.97 Å². The van der Waals surface area contributed by atoms with E-state index in [0.717, 1.165) is 12.1 Å². The lowest BCUT2D eigenvalue weighted by Crippen LogP contribution is -2.09. The molecule has 21 heavy (non-hydrogen) atoms. The maximum Gasteiger partial charge on any atom is 0.240 e. The van der Waals surface area contributed by atoms with Crippen LogP contribution in [0.4, 0.5) is 5.69 Å². The molecule has 0 aliphatic rings. The molecule has 0 atom stereocenters. The van der Waals surface area contributed by atoms with Crippen LogP contribution in [0.15, 0.2) is 17.6 Å². The van der Waals surface area contributed by atoms with E-state index in [1.165, 1.54) is 4.88 Å². The zero-order chi connectivity index (χ0) is 15.2. The van der Waals surface area contributed by atoms with E-state index in [1.807, 2.05) is 12.4 Å². The molecule has 2 rings (SSSR count). The average Bonchev–Trinajstić information content (AvgIpc) is 2.84. The maximum absolute atomic E-state index is 5.85. The van der Waals surface area contributed by atoms with Gasteiger partial charge in [0.15, 0.2) is 0 Å². The van der Waals surface area contributed by atoms with E-state index in [-0.39, 0.29) is 0 Å². The van der Waals surface area contributed by atoms with E-state index in [4.69, 9.17) is 15.2 Å². The summed E-state index contributed by atoms with van der Waals surface area (Å²) in [7, 11) is 0. The Bertz CT molecular complexity index is 584. The van der Waals surface area contributed by atoms with E-state index in [0.29, 0.717) is 36.6 Å². The molecule has 5 nitrogen and oxygen atoms in total. The zero-order valence-corrected chi connectivity index (χ0v) is 13.4. The molecule has 0 aliphatic heterocycles. The van der Waals surface area contributed by atoms with Crippen LogP contribution in [0.5, 0.6) is 11.8 Å². The summed E-state index contributed by atoms with van der Waals surface area (Å²) in [5.41, 5.74) is 9.30. The number of nitrogens with two attached hydrogens (primary N) is 1. The molecule has 0 amide bonds. The fourth-order valence-corrected chi connectivity index (χ4v) is 2.45. The summed E-state index contributed by atoms with van der Waals surface area (Å²) in [6.07, 6.45) is 0.824. The molecule has 0 bridgehead atoms. The number of pyridine rings is 1. The highest BCUT2D eigenvalue weighted by atomic mass is 32.1. The first-order valence-electron chi connectivity index (χ1n) is 6.97. The summed E-state index contributed by atoms with van der Waals surface area (Å²) in [5.74, 6) is 1.39. The molecule has 0 unspecified atom stereocenters. The second kappa shape index (κ2) is 7.26. The Balaban J connectivity index is 1.91. The van der Waals surface area contributed by atoms with Gasteiger partial charge >= 0.3 is 0 Å². The Morgan fingerprint density at radius 2 is 2.10 bits per heavy atom. The fourth-order valence-electron chi connectivity index (χ4n) is 1.69. The minimum atomic E-state index is 0.421. The van der Waals surface area contributed by atoms with E-state index in [1.54, 1.807) is 23.5 Å². The first-order valence-corrected chi connectivity index (χ1v) is 7.85. The van der Waals surface area contributed by atoms with Crippen molar-refractivity contribution in [3.63, 3.8) is 0 Å². The minimum Gasteiger partial charge on any atom is -0.477 e. The molecule has 2 N–H and O–H groups in total. The first kappa shape index (κ1) is 15.6. The van der Waals surface area contributed by atoms with Crippen LogP contribution in [0.25, 0.3) is 0 Å². The van der Waals surface area contributed by atoms with Crippen molar-refractivity contribution in [3.05, 3.63) is 28.2 Å². The normalized spacial score (nSPS) is 10.9. The summed E-state index contributed by atoms with van der Waals surface area (Å²) in [5, 5.41) is 0. The van der Waals surface area contributed by atoms with E-state index >= 15 is 0 Å². The number of nitrogens with zero attached hydrogens (tertiary/aromatic N) is 2. The number of hydrogen-bond acceptors (Lipinski definition) is 6. The lowest BCUT2D eigenvalue weighted by atomic mass is 10.2. The largest absolute Gasteiger partial charge is 0.477 e. The highest BCUT2D eigenvalue weighted by Gasteiger charge is 2.07. The van der Waals surface area contributed by atoms with E-state index in [9.17, 15) is 0 Å². The monoisotopic (exact) mass is 307 g/mol. The van der Waals surface area contributed by atoms with Gasteiger partial charge in [-0.1, -0.05) is 13.8 Å². The summed E-state index contributed by atoms with van der Waals surface area (Å²) in [6.45, 7) is 7.30. The number of aromatic nitrogens is 2. The number of hydrogen-bond donors (Lipinski definition) is 1. The number of ether oxygens (including phenoxy) is 2. The minimum absolute atomic E-state index is 0.421. The summed E-state index contributed by atoms with van der Waals surface area (Å²) >= 11 is 1.65. The Kier molecular flexibility index (Phi) is 5.38. The Morgan fingerprint density at radius 1 is 1.29 bits per heavy atom. The molecule has 2 aromatic heterocycles. The molecule has 0 radical (unpaired) electrons. The third-order valence-electron chi connectivity index (χ3n) is 2.84. The van der Waals surface area contributed by atoms with Gasteiger partial charge in [0, 0.05) is 17.4 Å². The number of rotatable bonds is 7. The van der Waals surface area contributed by atoms with Crippen molar-refractivity contribution in [2.45, 2.75) is 27.2 Å². The fraction of sp³-hybridized carbons (Fsp3) is 0.467. The van der Waals surface area contributed by atoms with Gasteiger partial charge in [0.05, 0.1) is 30.1 Å². The Hall–Kier alpha value is -1.82. The number of nitrogen functional groups attached to an aromatic ring is 1. The van der Waals surface area contributed by atoms with Crippen molar-refractivity contribution in [2.75, 3.05) is 18.9 Å². The van der Waals surface area contributed by atoms with Gasteiger partial charge in [-0.05, 0) is 18.9 Å². The average molecular weight is 307 g/mol. The van der Waals surface area contributed by atoms with Crippen molar-refractivity contribution in [3.8, 4) is 11.8 Å². The maximum atomic E-state index is 5.85. The second-order valence-electron chi connectivity index (χ2n) is 5.21. The highest BCUT2D eigenvalue weighted by Crippen LogP contribution is 2.23. The number of aryl methyl sites for hydroxylation is 1. The van der Waals surface area contributed by atoms with Crippen LogP contribution in [0, 0.1) is 12.8 Å². The third-order valence-corrected chi connectivity index (χ3v) is 3.84. The molecule has 6 heteroatoms. The highest BCUT2D eigenvalue weighted by molar-refractivity contribution is 7.09. The zero-order valence-electron chi connectivity index (χ0n) is 12.6. The van der Waals surface area contributed by atoms with Gasteiger partial charge < -0.3 is 15.2 Å². The standard InChI is InChI=1S/C15H21N3O2S/c1-10(2)8-20-15-12(16)4-5-14(18-15)19-7-6-13-11(3)17-9-21-13/h4-5,9-10H,6-8,16H2,1-3H3. The van der Waals surface area contributed by atoms with Gasteiger partial charge in [0.1, 0.15) is 0 Å². The van der Waals surface area contributed by atoms with Gasteiger partial charge in [-0.2, -0.15) is 4.98 Å². The molecule has 0 aromatic carbocycles. The summed E-state index contributed by atoms with van der Waals surface area (Å²) in [6, 6.07) is 3.52. The van der Waals surface area contributed by atoms with Gasteiger partial charge in [-0.3, -0.25) is 0 Å². The quantitative estimate of drug-likeness (QED) is 0.851. The van der Waals surface area contributed by atoms with Crippen LogP contribution in [0.2, 0.25) is 0 Å². The number of thiazole rings is 1. The molecule has 0 fully saturated rings. The molecule has 0 saturated carbocycles. The van der Waals surface area contributed by atoms with E-state index in [2.05, 4.69) is 23.8 Å². The van der Waals surface area contributed by atoms with Crippen molar-refractivity contribution in [2.24, 2.45) is 5.92 Å². The first-order chi connectivity index (χ1) is 10.1. The van der Waals surface area contributed by atoms with Crippen LogP contribution in [-0.4, -0.2) is 23.2 Å². The molecule has 0 spiro atoms. The third kappa shape index (κ3) is 4.60. The van der Waals surface area contributed by atoms with Crippen LogP contribution in [-0.2, 0) is 6.42 Å². The van der Waals surface area contributed by atoms with Crippen molar-refractivity contribution in [1.29, 1.82) is 0 Å². The van der Waals surface area contributed by atoms with E-state index < -0.39 is 0 Å². The van der Waals surface area contributed by atoms with Gasteiger partial charge in [0.25, 0.3) is 0 Å². The molecule has 0 saturated heterocycles. The predicted molar refractivity (Wildman–Crippen MR) is 85.0 cm³/mol. The SMILES string of the molecule is Cc1ncsc1CCOc1ccc(N)c(OCC(C)C)n1. The van der Waals surface area contributed by atoms with Gasteiger partial charge in [-0.15, -0.1) is 11.3 Å². The van der Waals surface area contributed by atoms with Crippen LogP contribution in [0.3, 0.4) is 0 Å². The van der Waals surface area contributed by atoms with Crippen molar-refractivity contribution < 1.29 is 9.47 Å². The molecular weight excluding hydrogens is 286 g/mol. The predicted octanol–water partition coefficient (Wildman–Crippen LogP) is 3.09. The Labute approximate surface area is 129 Å². The van der Waals surface area contributed by atoms with Gasteiger partial charge in [0.2, 0.25) is 11.8 Å². The van der Waals surface area contributed by atoms with Crippen LogP contribution < -0.4 is 15.2 Å². The summed E-state index contributed by atoms with van der Waals surface area (Å²) in [4.78, 5) is 9.76. The second-order valence-corrected chi connectivity index (χ2v) is 6.15. The molecule has 114 valence electrons. The molecule has 2 aromatic rings. The summed E-state index contributed by atoms with van der Waals surface area (Å²) < 4.78 is 11.3. The lowest BCUT2D eigenvalue weighted by molar-refractivity contribution is 0.253. The van der Waals surface area contributed by atoms with Crippen molar-refractivity contribution >= 4 is 17.0 Å². The molecular formula is C15H21N3O2S. The smallest absolute Gasteiger partial charge is 0.240 e. The van der Waals surface area contributed by atoms with Crippen LogP contribution >= 0.6 is 11.3 Å². The number of anilines is 1. The lowest BCUT2D eigenvalue weighted by Gasteiger charge is -2.11. The molecule has 0 aliphatic carbocycles. The topological polar surface area (TPSA) is 70.3 Å². The Morgan fingerprint density at radius 3 is 2.76 bits per heavy atom.